The number of thioether (sulfide) groups is 2. The number of carboxylic acid groups (broad SMARTS) is 1. The number of nitrogens with zero attached hydrogens (tertiary/aromatic N) is 2. The Kier molecular flexibility index (Phi) is 7.99. The molecular weight excluding hydrogens is 538 g/mol. The van der Waals surface area contributed by atoms with Crippen LogP contribution in [-0.4, -0.2) is 75.2 Å². The van der Waals surface area contributed by atoms with E-state index in [1.165, 1.54) is 28.4 Å². The second-order valence-corrected chi connectivity index (χ2v) is 11.4. The van der Waals surface area contributed by atoms with Gasteiger partial charge in [0.1, 0.15) is 22.9 Å². The largest absolute Gasteiger partial charge is 0.497 e. The molecule has 2 saturated heterocycles. The number of carbonyl (C=O) groups is 4. The van der Waals surface area contributed by atoms with Crippen molar-refractivity contribution in [1.29, 1.82) is 0 Å². The van der Waals surface area contributed by atoms with Gasteiger partial charge in [0.25, 0.3) is 5.91 Å². The number of methoxy groups -OCH3 is 1. The van der Waals surface area contributed by atoms with Crippen molar-refractivity contribution in [3.8, 4) is 5.75 Å². The van der Waals surface area contributed by atoms with Crippen LogP contribution in [0.25, 0.3) is 0 Å². The molecule has 3 aliphatic heterocycles. The van der Waals surface area contributed by atoms with Gasteiger partial charge in [-0.1, -0.05) is 30.3 Å². The van der Waals surface area contributed by atoms with Crippen LogP contribution in [0.1, 0.15) is 12.0 Å². The van der Waals surface area contributed by atoms with Gasteiger partial charge in [0.15, 0.2) is 0 Å². The zero-order chi connectivity index (χ0) is 27.5. The highest BCUT2D eigenvalue weighted by Crippen LogP contribution is 2.41. The lowest BCUT2D eigenvalue weighted by molar-refractivity contribution is -0.150. The van der Waals surface area contributed by atoms with Crippen molar-refractivity contribution in [2.75, 3.05) is 25.2 Å². The topological polar surface area (TPSA) is 116 Å². The van der Waals surface area contributed by atoms with Crippen molar-refractivity contribution in [3.63, 3.8) is 0 Å². The summed E-state index contributed by atoms with van der Waals surface area (Å²) in [6.07, 6.45) is 2.11. The van der Waals surface area contributed by atoms with Crippen LogP contribution < -0.4 is 10.1 Å². The van der Waals surface area contributed by atoms with E-state index in [1.54, 1.807) is 18.1 Å². The quantitative estimate of drug-likeness (QED) is 0.271. The Bertz CT molecular complexity index is 1360. The molecule has 0 unspecified atom stereocenters. The fraction of sp³-hybridized carbons (Fsp3) is 0.286. The van der Waals surface area contributed by atoms with Crippen LogP contribution in [0, 0.1) is 0 Å². The molecule has 202 valence electrons. The summed E-state index contributed by atoms with van der Waals surface area (Å²) in [5.41, 5.74) is 1.79. The van der Waals surface area contributed by atoms with Crippen molar-refractivity contribution >= 4 is 47.2 Å². The molecule has 0 radical (unpaired) electrons. The Labute approximate surface area is 234 Å². The number of rotatable bonds is 9. The number of hydrogen-bond acceptors (Lipinski definition) is 7. The number of carbonyl (C=O) groups excluding carboxylic acids is 3. The van der Waals surface area contributed by atoms with Crippen LogP contribution in [0.3, 0.4) is 0 Å². The number of carboxylic acids is 1. The van der Waals surface area contributed by atoms with Gasteiger partial charge in [-0.05, 0) is 47.9 Å². The molecule has 0 bridgehead atoms. The van der Waals surface area contributed by atoms with E-state index in [2.05, 4.69) is 5.32 Å². The number of β-lactam (4-membered cyclic amide) rings is 1. The molecule has 0 saturated carbocycles. The monoisotopic (exact) mass is 565 g/mol. The van der Waals surface area contributed by atoms with E-state index in [0.29, 0.717) is 36.4 Å². The van der Waals surface area contributed by atoms with Crippen molar-refractivity contribution < 1.29 is 29.0 Å². The second-order valence-electron chi connectivity index (χ2n) is 9.23. The molecule has 39 heavy (non-hydrogen) atoms. The number of amides is 3. The van der Waals surface area contributed by atoms with Gasteiger partial charge in [0.2, 0.25) is 11.8 Å². The molecule has 2 fully saturated rings. The summed E-state index contributed by atoms with van der Waals surface area (Å²) in [4.78, 5) is 54.6. The number of hydrogen-bond donors (Lipinski definition) is 2. The highest BCUT2D eigenvalue weighted by molar-refractivity contribution is 8.00. The van der Waals surface area contributed by atoms with Crippen LogP contribution in [0.5, 0.6) is 5.75 Å². The molecule has 3 amide bonds. The second kappa shape index (κ2) is 11.6. The molecule has 2 N–H and O–H groups in total. The fourth-order valence-corrected chi connectivity index (χ4v) is 6.78. The minimum atomic E-state index is -1.23. The Morgan fingerprint density at radius 1 is 1.15 bits per heavy atom. The van der Waals surface area contributed by atoms with E-state index in [0.717, 1.165) is 16.2 Å². The van der Waals surface area contributed by atoms with Crippen LogP contribution in [0.4, 0.5) is 0 Å². The molecule has 11 heteroatoms. The molecule has 3 heterocycles. The van der Waals surface area contributed by atoms with Gasteiger partial charge in [-0.3, -0.25) is 19.3 Å². The number of nitrogens with one attached hydrogen (secondary N) is 1. The molecule has 9 nitrogen and oxygen atoms in total. The molecule has 2 atom stereocenters. The predicted octanol–water partition coefficient (Wildman–Crippen LogP) is 2.88. The minimum Gasteiger partial charge on any atom is -0.497 e. The lowest BCUT2D eigenvalue weighted by atomic mass is 10.0. The first-order chi connectivity index (χ1) is 18.9. The highest BCUT2D eigenvalue weighted by atomic mass is 32.2. The number of benzene rings is 2. The smallest absolute Gasteiger partial charge is 0.352 e. The predicted molar refractivity (Wildman–Crippen MR) is 148 cm³/mol. The fourth-order valence-electron chi connectivity index (χ4n) is 4.75. The lowest BCUT2D eigenvalue weighted by Crippen LogP contribution is -2.70. The van der Waals surface area contributed by atoms with E-state index < -0.39 is 23.3 Å². The molecule has 0 spiro atoms. The maximum atomic E-state index is 13.1. The Balaban J connectivity index is 1.24. The van der Waals surface area contributed by atoms with Crippen LogP contribution in [-0.2, 0) is 25.7 Å². The van der Waals surface area contributed by atoms with Gasteiger partial charge >= 0.3 is 5.97 Å². The first-order valence-electron chi connectivity index (χ1n) is 12.4. The number of aliphatic carboxylic acids is 1. The molecule has 0 aliphatic carbocycles. The maximum Gasteiger partial charge on any atom is 0.352 e. The molecule has 5 rings (SSSR count). The van der Waals surface area contributed by atoms with Crippen LogP contribution in [0.15, 0.2) is 82.4 Å². The lowest BCUT2D eigenvalue weighted by Gasteiger charge is -2.49. The van der Waals surface area contributed by atoms with E-state index in [-0.39, 0.29) is 23.3 Å². The van der Waals surface area contributed by atoms with Crippen molar-refractivity contribution in [2.24, 2.45) is 0 Å². The number of allylic oxidation sites excluding steroid dienone is 1. The van der Waals surface area contributed by atoms with Gasteiger partial charge in [0.05, 0.1) is 12.9 Å². The van der Waals surface area contributed by atoms with Gasteiger partial charge < -0.3 is 20.1 Å². The average molecular weight is 566 g/mol. The average Bonchev–Trinajstić information content (AvgIpc) is 3.29. The molecule has 2 aromatic rings. The molecular formula is C28H27N3O6S2. The summed E-state index contributed by atoms with van der Waals surface area (Å²) < 4.78 is 5.18. The van der Waals surface area contributed by atoms with E-state index in [1.807, 2.05) is 54.6 Å². The number of fused-ring (bicyclic) bond motifs is 1. The van der Waals surface area contributed by atoms with Crippen molar-refractivity contribution in [2.45, 2.75) is 29.3 Å². The summed E-state index contributed by atoms with van der Waals surface area (Å²) in [6, 6.07) is 16.2. The SMILES string of the molecule is COc1ccc(CN2CCC(=CC3=C(C(=O)O)N4C(=O)[C@@H](NC(=O)CSc5ccccc5)[C@H]4SC3)C2=O)cc1. The third-order valence-electron chi connectivity index (χ3n) is 6.72. The van der Waals surface area contributed by atoms with Crippen LogP contribution in [0.2, 0.25) is 0 Å². The maximum absolute atomic E-state index is 13.1. The number of likely N-dealkylation sites (tertiary alicyclic amines) is 1. The summed E-state index contributed by atoms with van der Waals surface area (Å²) in [6.45, 7) is 0.969. The van der Waals surface area contributed by atoms with Gasteiger partial charge in [0, 0.05) is 29.3 Å². The van der Waals surface area contributed by atoms with Crippen LogP contribution >= 0.6 is 23.5 Å². The van der Waals surface area contributed by atoms with E-state index >= 15 is 0 Å². The summed E-state index contributed by atoms with van der Waals surface area (Å²) in [5, 5.41) is 12.2. The third-order valence-corrected chi connectivity index (χ3v) is 9.04. The summed E-state index contributed by atoms with van der Waals surface area (Å²) in [5.74, 6) is -0.920. The third kappa shape index (κ3) is 5.69. The van der Waals surface area contributed by atoms with Crippen molar-refractivity contribution in [1.82, 2.24) is 15.1 Å². The molecule has 2 aromatic carbocycles. The normalized spacial score (nSPS) is 21.6. The van der Waals surface area contributed by atoms with E-state index in [9.17, 15) is 24.3 Å². The Morgan fingerprint density at radius 3 is 2.59 bits per heavy atom. The zero-order valence-corrected chi connectivity index (χ0v) is 22.8. The standard InChI is InChI=1S/C28H27N3O6S2/c1-37-20-9-7-17(8-10-20)14-30-12-11-18(25(30)33)13-19-15-39-27-23(26(34)31(27)24(19)28(35)36)29-22(32)16-38-21-5-3-2-4-6-21/h2-10,13,23,27H,11-12,14-16H2,1H3,(H,29,32)(H,35,36)/t23-,27-/m1/s1. The molecule has 3 aliphatic rings. The van der Waals surface area contributed by atoms with Gasteiger partial charge in [-0.15, -0.1) is 23.5 Å². The first kappa shape index (κ1) is 26.9. The minimum absolute atomic E-state index is 0.123. The first-order valence-corrected chi connectivity index (χ1v) is 14.4. The Hall–Kier alpha value is -3.70. The summed E-state index contributed by atoms with van der Waals surface area (Å²) in [7, 11) is 1.60. The number of ether oxygens (including phenoxy) is 1. The van der Waals surface area contributed by atoms with Gasteiger partial charge in [-0.2, -0.15) is 0 Å². The Morgan fingerprint density at radius 2 is 1.90 bits per heavy atom. The zero-order valence-electron chi connectivity index (χ0n) is 21.2. The van der Waals surface area contributed by atoms with Gasteiger partial charge in [-0.25, -0.2) is 4.79 Å². The van der Waals surface area contributed by atoms with E-state index in [4.69, 9.17) is 4.74 Å². The molecule has 0 aromatic heterocycles. The summed E-state index contributed by atoms with van der Waals surface area (Å²) >= 11 is 2.75. The van der Waals surface area contributed by atoms with Crippen molar-refractivity contribution in [3.05, 3.63) is 83.1 Å². The highest BCUT2D eigenvalue weighted by Gasteiger charge is 2.54.